The third-order valence-corrected chi connectivity index (χ3v) is 4.10. The molecule has 1 aromatic heterocycles. The number of H-pyrrole nitrogens is 1. The van der Waals surface area contributed by atoms with Gasteiger partial charge in [0.15, 0.2) is 0 Å². The van der Waals surface area contributed by atoms with Crippen LogP contribution >= 0.6 is 0 Å². The first kappa shape index (κ1) is 16.1. The molecule has 24 heavy (non-hydrogen) atoms. The topological polar surface area (TPSA) is 51.3 Å². The summed E-state index contributed by atoms with van der Waals surface area (Å²) in [5.41, 5.74) is 4.00. The van der Waals surface area contributed by atoms with Gasteiger partial charge in [0.2, 0.25) is 0 Å². The molecule has 0 aliphatic carbocycles. The Bertz CT molecular complexity index is 834. The molecule has 1 heterocycles. The Balaban J connectivity index is 1.76. The molecule has 0 saturated heterocycles. The summed E-state index contributed by atoms with van der Waals surface area (Å²) in [5.74, 6) is 0.586. The Hall–Kier alpha value is -2.75. The number of rotatable bonds is 6. The van der Waals surface area contributed by atoms with Crippen LogP contribution in [0.1, 0.15) is 28.4 Å². The molecule has 0 amide bonds. The zero-order chi connectivity index (χ0) is 16.9. The highest BCUT2D eigenvalue weighted by molar-refractivity contribution is 6.04. The summed E-state index contributed by atoms with van der Waals surface area (Å²) in [7, 11) is 1.67. The first-order chi connectivity index (χ1) is 11.7. The molecule has 0 atom stereocenters. The van der Waals surface area contributed by atoms with E-state index in [1.807, 2.05) is 25.1 Å². The Morgan fingerprint density at radius 3 is 2.46 bits per heavy atom. The van der Waals surface area contributed by atoms with Crippen molar-refractivity contribution in [3.63, 3.8) is 0 Å². The van der Waals surface area contributed by atoms with Gasteiger partial charge in [-0.1, -0.05) is 18.2 Å². The van der Waals surface area contributed by atoms with Crippen molar-refractivity contribution in [2.75, 3.05) is 13.7 Å². The summed E-state index contributed by atoms with van der Waals surface area (Å²) >= 11 is 0. The standard InChI is InChI=1S/C20H21NO3/c1-3-24-20(22)18-13-21-19-11-8-15(12-17(18)19)5-4-14-6-9-16(23-2)10-7-14/h6-13,21H,3-5H2,1-2H3. The first-order valence-electron chi connectivity index (χ1n) is 8.11. The second-order valence-electron chi connectivity index (χ2n) is 5.65. The highest BCUT2D eigenvalue weighted by Gasteiger charge is 2.13. The second kappa shape index (κ2) is 7.21. The van der Waals surface area contributed by atoms with Crippen LogP contribution in [0.25, 0.3) is 10.9 Å². The molecule has 0 aliphatic rings. The zero-order valence-electron chi connectivity index (χ0n) is 14.0. The molecule has 3 aromatic rings. The molecule has 4 nitrogen and oxygen atoms in total. The van der Waals surface area contributed by atoms with E-state index >= 15 is 0 Å². The van der Waals surface area contributed by atoms with E-state index in [1.54, 1.807) is 13.3 Å². The van der Waals surface area contributed by atoms with Crippen LogP contribution in [0.5, 0.6) is 5.75 Å². The summed E-state index contributed by atoms with van der Waals surface area (Å²) in [6.07, 6.45) is 3.57. The summed E-state index contributed by atoms with van der Waals surface area (Å²) < 4.78 is 10.3. The second-order valence-corrected chi connectivity index (χ2v) is 5.65. The fourth-order valence-electron chi connectivity index (χ4n) is 2.78. The normalized spacial score (nSPS) is 10.8. The van der Waals surface area contributed by atoms with Gasteiger partial charge in [0.05, 0.1) is 19.3 Å². The fraction of sp³-hybridized carbons (Fsp3) is 0.250. The molecule has 0 bridgehead atoms. The molecular formula is C20H21NO3. The largest absolute Gasteiger partial charge is 0.497 e. The summed E-state index contributed by atoms with van der Waals surface area (Å²) in [6.45, 7) is 2.19. The molecule has 3 rings (SSSR count). The number of ether oxygens (including phenoxy) is 2. The van der Waals surface area contributed by atoms with Crippen molar-refractivity contribution < 1.29 is 14.3 Å². The lowest BCUT2D eigenvalue weighted by Crippen LogP contribution is -2.03. The van der Waals surface area contributed by atoms with E-state index in [1.165, 1.54) is 11.1 Å². The number of carbonyl (C=O) groups excluding carboxylic acids is 1. The lowest BCUT2D eigenvalue weighted by molar-refractivity contribution is 0.0529. The Morgan fingerprint density at radius 2 is 1.75 bits per heavy atom. The lowest BCUT2D eigenvalue weighted by Gasteiger charge is -2.05. The molecule has 0 unspecified atom stereocenters. The summed E-state index contributed by atoms with van der Waals surface area (Å²) in [5, 5.41) is 0.917. The van der Waals surface area contributed by atoms with Gasteiger partial charge in [0.1, 0.15) is 5.75 Å². The average molecular weight is 323 g/mol. The molecule has 124 valence electrons. The Kier molecular flexibility index (Phi) is 4.85. The van der Waals surface area contributed by atoms with E-state index < -0.39 is 0 Å². The molecular weight excluding hydrogens is 302 g/mol. The monoisotopic (exact) mass is 323 g/mol. The number of methoxy groups -OCH3 is 1. The van der Waals surface area contributed by atoms with Crippen LogP contribution in [0.2, 0.25) is 0 Å². The van der Waals surface area contributed by atoms with Gasteiger partial charge in [-0.25, -0.2) is 4.79 Å². The van der Waals surface area contributed by atoms with Crippen LogP contribution in [0.3, 0.4) is 0 Å². The van der Waals surface area contributed by atoms with Crippen molar-refractivity contribution in [1.82, 2.24) is 4.98 Å². The number of hydrogen-bond acceptors (Lipinski definition) is 3. The molecule has 0 saturated carbocycles. The van der Waals surface area contributed by atoms with Gasteiger partial charge < -0.3 is 14.5 Å². The minimum Gasteiger partial charge on any atom is -0.497 e. The van der Waals surface area contributed by atoms with Crippen molar-refractivity contribution in [2.45, 2.75) is 19.8 Å². The quantitative estimate of drug-likeness (QED) is 0.694. The number of aryl methyl sites for hydroxylation is 2. The van der Waals surface area contributed by atoms with Crippen LogP contribution in [0, 0.1) is 0 Å². The summed E-state index contributed by atoms with van der Waals surface area (Å²) in [4.78, 5) is 15.1. The van der Waals surface area contributed by atoms with Gasteiger partial charge in [0, 0.05) is 17.1 Å². The Morgan fingerprint density at radius 1 is 1.04 bits per heavy atom. The fourth-order valence-corrected chi connectivity index (χ4v) is 2.78. The maximum Gasteiger partial charge on any atom is 0.340 e. The van der Waals surface area contributed by atoms with E-state index in [0.717, 1.165) is 29.5 Å². The molecule has 0 aliphatic heterocycles. The minimum atomic E-state index is -0.281. The van der Waals surface area contributed by atoms with Crippen LogP contribution in [0.4, 0.5) is 0 Å². The van der Waals surface area contributed by atoms with Gasteiger partial charge >= 0.3 is 5.97 Å². The van der Waals surface area contributed by atoms with E-state index in [-0.39, 0.29) is 5.97 Å². The highest BCUT2D eigenvalue weighted by atomic mass is 16.5. The maximum atomic E-state index is 12.0. The van der Waals surface area contributed by atoms with Crippen molar-refractivity contribution in [3.8, 4) is 5.75 Å². The number of aromatic amines is 1. The van der Waals surface area contributed by atoms with Crippen LogP contribution in [0.15, 0.2) is 48.7 Å². The number of hydrogen-bond donors (Lipinski definition) is 1. The van der Waals surface area contributed by atoms with E-state index in [0.29, 0.717) is 12.2 Å². The molecule has 2 aromatic carbocycles. The number of esters is 1. The third kappa shape index (κ3) is 3.43. The first-order valence-corrected chi connectivity index (χ1v) is 8.11. The smallest absolute Gasteiger partial charge is 0.340 e. The predicted octanol–water partition coefficient (Wildman–Crippen LogP) is 4.14. The van der Waals surface area contributed by atoms with E-state index in [4.69, 9.17) is 9.47 Å². The number of benzene rings is 2. The lowest BCUT2D eigenvalue weighted by atomic mass is 10.0. The zero-order valence-corrected chi connectivity index (χ0v) is 14.0. The minimum absolute atomic E-state index is 0.281. The molecule has 1 N–H and O–H groups in total. The van der Waals surface area contributed by atoms with E-state index in [9.17, 15) is 4.79 Å². The molecule has 0 radical (unpaired) electrons. The molecule has 0 spiro atoms. The van der Waals surface area contributed by atoms with Crippen LogP contribution < -0.4 is 4.74 Å². The average Bonchev–Trinajstić information content (AvgIpc) is 3.04. The van der Waals surface area contributed by atoms with Crippen molar-refractivity contribution in [2.24, 2.45) is 0 Å². The van der Waals surface area contributed by atoms with Crippen molar-refractivity contribution >= 4 is 16.9 Å². The van der Waals surface area contributed by atoms with Crippen LogP contribution in [-0.2, 0) is 17.6 Å². The van der Waals surface area contributed by atoms with Crippen molar-refractivity contribution in [3.05, 3.63) is 65.4 Å². The van der Waals surface area contributed by atoms with Gasteiger partial charge in [-0.3, -0.25) is 0 Å². The van der Waals surface area contributed by atoms with Crippen LogP contribution in [-0.4, -0.2) is 24.7 Å². The van der Waals surface area contributed by atoms with Gasteiger partial charge in [-0.05, 0) is 55.2 Å². The SMILES string of the molecule is CCOC(=O)c1c[nH]c2ccc(CCc3ccc(OC)cc3)cc12. The van der Waals surface area contributed by atoms with Gasteiger partial charge in [-0.15, -0.1) is 0 Å². The summed E-state index contributed by atoms with van der Waals surface area (Å²) in [6, 6.07) is 14.3. The predicted molar refractivity (Wildman–Crippen MR) is 94.7 cm³/mol. The van der Waals surface area contributed by atoms with Gasteiger partial charge in [0.25, 0.3) is 0 Å². The highest BCUT2D eigenvalue weighted by Crippen LogP contribution is 2.22. The molecule has 4 heteroatoms. The molecule has 0 fully saturated rings. The van der Waals surface area contributed by atoms with Crippen molar-refractivity contribution in [1.29, 1.82) is 0 Å². The third-order valence-electron chi connectivity index (χ3n) is 4.10. The number of fused-ring (bicyclic) bond motifs is 1. The Labute approximate surface area is 141 Å². The van der Waals surface area contributed by atoms with E-state index in [2.05, 4.69) is 29.2 Å². The number of carbonyl (C=O) groups is 1. The van der Waals surface area contributed by atoms with Gasteiger partial charge in [-0.2, -0.15) is 0 Å². The maximum absolute atomic E-state index is 12.0. The number of nitrogens with one attached hydrogen (secondary N) is 1. The number of aromatic nitrogens is 1.